The zero-order chi connectivity index (χ0) is 16.2. The summed E-state index contributed by atoms with van der Waals surface area (Å²) in [4.78, 5) is 12.7. The zero-order valence-corrected chi connectivity index (χ0v) is 15.5. The number of carbonyl (C=O) groups is 1. The lowest BCUT2D eigenvalue weighted by Crippen LogP contribution is -2.32. The van der Waals surface area contributed by atoms with Gasteiger partial charge in [0.15, 0.2) is 5.78 Å². The molecule has 0 bridgehead atoms. The first-order valence-electron chi connectivity index (χ1n) is 7.29. The largest absolute Gasteiger partial charge is 0.308 e. The van der Waals surface area contributed by atoms with Gasteiger partial charge in [-0.2, -0.15) is 0 Å². The second-order valence-electron chi connectivity index (χ2n) is 5.37. The Morgan fingerprint density at radius 3 is 1.52 bits per heavy atom. The van der Waals surface area contributed by atoms with E-state index in [4.69, 9.17) is 0 Å². The van der Waals surface area contributed by atoms with Crippen LogP contribution in [0, 0.1) is 0 Å². The Hall–Kier alpha value is -1.49. The van der Waals surface area contributed by atoms with Crippen LogP contribution in [0.4, 0.5) is 0 Å². The fourth-order valence-corrected chi connectivity index (χ4v) is 2.98. The second kappa shape index (κ2) is 7.39. The third-order valence-corrected chi connectivity index (χ3v) is 4.69. The summed E-state index contributed by atoms with van der Waals surface area (Å²) in [5.74, 6) is 0.120. The number of nitrogens with one attached hydrogen (secondary N) is 1. The monoisotopic (exact) mass is 431 g/mol. The summed E-state index contributed by atoms with van der Waals surface area (Å²) in [6.07, 6.45) is 3.91. The van der Waals surface area contributed by atoms with Crippen molar-refractivity contribution in [3.63, 3.8) is 0 Å². The molecule has 116 valence electrons. The molecule has 1 fully saturated rings. The van der Waals surface area contributed by atoms with Crippen molar-refractivity contribution in [3.8, 4) is 0 Å². The molecule has 2 aromatic rings. The van der Waals surface area contributed by atoms with E-state index in [9.17, 15) is 4.79 Å². The van der Waals surface area contributed by atoms with Gasteiger partial charge in [-0.15, -0.1) is 0 Å². The molecule has 1 aliphatic rings. The molecule has 2 aromatic carbocycles. The predicted molar refractivity (Wildman–Crippen MR) is 102 cm³/mol. The van der Waals surface area contributed by atoms with E-state index in [0.29, 0.717) is 13.1 Å². The SMILES string of the molecule is O=C1/C(=C/c2ccc(Br)cc2)CNC/C1=C\c1ccc(Br)cc1. The van der Waals surface area contributed by atoms with E-state index in [2.05, 4.69) is 37.2 Å². The van der Waals surface area contributed by atoms with Crippen molar-refractivity contribution >= 4 is 49.8 Å². The van der Waals surface area contributed by atoms with E-state index in [1.54, 1.807) is 0 Å². The Morgan fingerprint density at radius 2 is 1.13 bits per heavy atom. The highest BCUT2D eigenvalue weighted by molar-refractivity contribution is 9.10. The summed E-state index contributed by atoms with van der Waals surface area (Å²) in [6, 6.07) is 15.9. The smallest absolute Gasteiger partial charge is 0.187 e. The number of rotatable bonds is 2. The molecule has 1 N–H and O–H groups in total. The van der Waals surface area contributed by atoms with Gasteiger partial charge in [-0.05, 0) is 47.5 Å². The van der Waals surface area contributed by atoms with Gasteiger partial charge in [0.2, 0.25) is 0 Å². The number of ketones is 1. The number of hydrogen-bond acceptors (Lipinski definition) is 2. The predicted octanol–water partition coefficient (Wildman–Crippen LogP) is 4.85. The minimum atomic E-state index is 0.120. The Bertz CT molecular complexity index is 709. The van der Waals surface area contributed by atoms with Gasteiger partial charge >= 0.3 is 0 Å². The first-order chi connectivity index (χ1) is 11.1. The molecule has 1 saturated heterocycles. The van der Waals surface area contributed by atoms with Crippen molar-refractivity contribution < 1.29 is 4.79 Å². The molecule has 0 aliphatic carbocycles. The maximum atomic E-state index is 12.7. The van der Waals surface area contributed by atoms with Crippen LogP contribution in [0.2, 0.25) is 0 Å². The van der Waals surface area contributed by atoms with Crippen molar-refractivity contribution in [2.75, 3.05) is 13.1 Å². The molecule has 0 unspecified atom stereocenters. The summed E-state index contributed by atoms with van der Waals surface area (Å²) >= 11 is 6.84. The molecule has 3 rings (SSSR count). The molecule has 1 aliphatic heterocycles. The highest BCUT2D eigenvalue weighted by Crippen LogP contribution is 2.19. The van der Waals surface area contributed by atoms with Gasteiger partial charge in [0.1, 0.15) is 0 Å². The average molecular weight is 433 g/mol. The molecule has 23 heavy (non-hydrogen) atoms. The summed E-state index contributed by atoms with van der Waals surface area (Å²) in [6.45, 7) is 1.21. The van der Waals surface area contributed by atoms with Crippen LogP contribution in [0.3, 0.4) is 0 Å². The third-order valence-electron chi connectivity index (χ3n) is 3.64. The lowest BCUT2D eigenvalue weighted by atomic mass is 9.96. The highest BCUT2D eigenvalue weighted by atomic mass is 79.9. The molecular weight excluding hydrogens is 418 g/mol. The van der Waals surface area contributed by atoms with Crippen molar-refractivity contribution in [1.29, 1.82) is 0 Å². The lowest BCUT2D eigenvalue weighted by Gasteiger charge is -2.18. The van der Waals surface area contributed by atoms with Gasteiger partial charge in [-0.3, -0.25) is 4.79 Å². The van der Waals surface area contributed by atoms with Crippen LogP contribution in [0.15, 0.2) is 68.6 Å². The quantitative estimate of drug-likeness (QED) is 0.687. The summed E-state index contributed by atoms with van der Waals surface area (Å²) in [7, 11) is 0. The van der Waals surface area contributed by atoms with E-state index in [1.165, 1.54) is 0 Å². The summed E-state index contributed by atoms with van der Waals surface area (Å²) < 4.78 is 2.06. The molecule has 0 atom stereocenters. The van der Waals surface area contributed by atoms with Crippen molar-refractivity contribution in [2.24, 2.45) is 0 Å². The maximum Gasteiger partial charge on any atom is 0.187 e. The Labute approximate surface area is 152 Å². The fraction of sp³-hybridized carbons (Fsp3) is 0.105. The average Bonchev–Trinajstić information content (AvgIpc) is 2.55. The van der Waals surface area contributed by atoms with Gasteiger partial charge in [0.25, 0.3) is 0 Å². The molecule has 0 saturated carbocycles. The number of hydrogen-bond donors (Lipinski definition) is 1. The van der Waals surface area contributed by atoms with E-state index >= 15 is 0 Å². The number of piperidine rings is 1. The van der Waals surface area contributed by atoms with Gasteiger partial charge in [0.05, 0.1) is 0 Å². The van der Waals surface area contributed by atoms with Crippen LogP contribution in [0.25, 0.3) is 12.2 Å². The van der Waals surface area contributed by atoms with Crippen LogP contribution in [-0.4, -0.2) is 18.9 Å². The first-order valence-corrected chi connectivity index (χ1v) is 8.88. The molecular formula is C19H15Br2NO. The minimum absolute atomic E-state index is 0.120. The van der Waals surface area contributed by atoms with Gasteiger partial charge in [0, 0.05) is 33.2 Å². The van der Waals surface area contributed by atoms with Gasteiger partial charge in [-0.1, -0.05) is 56.1 Å². The normalized spacial score (nSPS) is 18.6. The van der Waals surface area contributed by atoms with Crippen LogP contribution in [0.1, 0.15) is 11.1 Å². The minimum Gasteiger partial charge on any atom is -0.308 e. The molecule has 0 spiro atoms. The van der Waals surface area contributed by atoms with Crippen molar-refractivity contribution in [2.45, 2.75) is 0 Å². The van der Waals surface area contributed by atoms with Crippen LogP contribution < -0.4 is 5.32 Å². The fourth-order valence-electron chi connectivity index (χ4n) is 2.45. The van der Waals surface area contributed by atoms with Crippen LogP contribution in [0.5, 0.6) is 0 Å². The maximum absolute atomic E-state index is 12.7. The first kappa shape index (κ1) is 16.4. The molecule has 0 aromatic heterocycles. The standard InChI is InChI=1S/C19H15Br2NO/c20-17-5-1-13(2-6-17)9-15-11-22-12-16(19(15)23)10-14-3-7-18(21)8-4-14/h1-10,22H,11-12H2/b15-9+,16-10+. The number of Topliss-reactive ketones (excluding diaryl/α,β-unsaturated/α-hetero) is 1. The van der Waals surface area contributed by atoms with E-state index in [-0.39, 0.29) is 5.78 Å². The van der Waals surface area contributed by atoms with E-state index in [0.717, 1.165) is 31.2 Å². The Balaban J connectivity index is 1.86. The Kier molecular flexibility index (Phi) is 5.26. The second-order valence-corrected chi connectivity index (χ2v) is 7.21. The Morgan fingerprint density at radius 1 is 0.739 bits per heavy atom. The van der Waals surface area contributed by atoms with Crippen LogP contribution >= 0.6 is 31.9 Å². The molecule has 0 radical (unpaired) electrons. The van der Waals surface area contributed by atoms with Crippen molar-refractivity contribution in [3.05, 3.63) is 79.7 Å². The lowest BCUT2D eigenvalue weighted by molar-refractivity contribution is -0.112. The molecule has 2 nitrogen and oxygen atoms in total. The molecule has 4 heteroatoms. The van der Waals surface area contributed by atoms with Crippen molar-refractivity contribution in [1.82, 2.24) is 5.32 Å². The topological polar surface area (TPSA) is 29.1 Å². The summed E-state index contributed by atoms with van der Waals surface area (Å²) in [5.41, 5.74) is 3.65. The summed E-state index contributed by atoms with van der Waals surface area (Å²) in [5, 5.41) is 3.30. The van der Waals surface area contributed by atoms with Gasteiger partial charge < -0.3 is 5.32 Å². The zero-order valence-electron chi connectivity index (χ0n) is 12.4. The van der Waals surface area contributed by atoms with E-state index in [1.807, 2.05) is 60.7 Å². The number of halogens is 2. The highest BCUT2D eigenvalue weighted by Gasteiger charge is 2.19. The number of carbonyl (C=O) groups excluding carboxylic acids is 1. The third kappa shape index (κ3) is 4.28. The molecule has 1 heterocycles. The molecule has 0 amide bonds. The number of benzene rings is 2. The van der Waals surface area contributed by atoms with E-state index < -0.39 is 0 Å². The van der Waals surface area contributed by atoms with Gasteiger partial charge in [-0.25, -0.2) is 0 Å². The van der Waals surface area contributed by atoms with Crippen LogP contribution in [-0.2, 0) is 4.79 Å².